The van der Waals surface area contributed by atoms with Crippen molar-refractivity contribution in [3.63, 3.8) is 0 Å². The molecule has 0 amide bonds. The van der Waals surface area contributed by atoms with Crippen molar-refractivity contribution in [1.29, 1.82) is 0 Å². The second-order valence-electron chi connectivity index (χ2n) is 4.73. The summed E-state index contributed by atoms with van der Waals surface area (Å²) in [6.07, 6.45) is 3.26. The minimum Gasteiger partial charge on any atom is -0.384 e. The third kappa shape index (κ3) is 1.77. The molecule has 3 rings (SSSR count). The van der Waals surface area contributed by atoms with Gasteiger partial charge >= 0.3 is 0 Å². The first-order valence-corrected chi connectivity index (χ1v) is 6.96. The van der Waals surface area contributed by atoms with Crippen molar-refractivity contribution >= 4 is 11.8 Å². The number of aryl methyl sites for hydroxylation is 1. The fourth-order valence-corrected chi connectivity index (χ4v) is 3.59. The van der Waals surface area contributed by atoms with Crippen molar-refractivity contribution in [1.82, 2.24) is 5.32 Å². The average molecular weight is 235 g/mol. The summed E-state index contributed by atoms with van der Waals surface area (Å²) in [4.78, 5) is 1.41. The maximum absolute atomic E-state index is 10.5. The summed E-state index contributed by atoms with van der Waals surface area (Å²) in [5, 5.41) is 13.7. The van der Waals surface area contributed by atoms with Crippen LogP contribution in [0.5, 0.6) is 0 Å². The van der Waals surface area contributed by atoms with Gasteiger partial charge in [-0.3, -0.25) is 0 Å². The van der Waals surface area contributed by atoms with E-state index in [0.717, 1.165) is 18.5 Å². The van der Waals surface area contributed by atoms with Crippen LogP contribution in [0, 0.1) is 0 Å². The number of benzene rings is 1. The third-order valence-electron chi connectivity index (χ3n) is 3.58. The Kier molecular flexibility index (Phi) is 2.70. The van der Waals surface area contributed by atoms with Gasteiger partial charge in [-0.1, -0.05) is 12.1 Å². The largest absolute Gasteiger partial charge is 0.384 e. The first-order chi connectivity index (χ1) is 7.78. The van der Waals surface area contributed by atoms with Crippen LogP contribution in [-0.2, 0) is 12.0 Å². The minimum atomic E-state index is -0.628. The van der Waals surface area contributed by atoms with Crippen molar-refractivity contribution in [3.8, 4) is 0 Å². The molecule has 1 unspecified atom stereocenters. The van der Waals surface area contributed by atoms with E-state index in [2.05, 4.69) is 23.5 Å². The lowest BCUT2D eigenvalue weighted by molar-refractivity contribution is 0.0586. The maximum Gasteiger partial charge on any atom is 0.103 e. The van der Waals surface area contributed by atoms with E-state index >= 15 is 0 Å². The lowest BCUT2D eigenvalue weighted by atomic mass is 9.91. The summed E-state index contributed by atoms with van der Waals surface area (Å²) in [6.45, 7) is 1.61. The molecule has 1 atom stereocenters. The number of nitrogens with one attached hydrogen (secondary N) is 1. The molecule has 86 valence electrons. The van der Waals surface area contributed by atoms with Gasteiger partial charge in [0, 0.05) is 11.4 Å². The topological polar surface area (TPSA) is 32.3 Å². The highest BCUT2D eigenvalue weighted by Crippen LogP contribution is 2.35. The summed E-state index contributed by atoms with van der Waals surface area (Å²) in [7, 11) is 0. The molecule has 0 radical (unpaired) electrons. The predicted octanol–water partition coefficient (Wildman–Crippen LogP) is 1.91. The molecule has 1 saturated heterocycles. The number of aliphatic hydroxyl groups is 1. The molecule has 1 aromatic carbocycles. The predicted molar refractivity (Wildman–Crippen MR) is 66.9 cm³/mol. The highest BCUT2D eigenvalue weighted by molar-refractivity contribution is 7.99. The average Bonchev–Trinajstić information content (AvgIpc) is 2.77. The minimum absolute atomic E-state index is 0.628. The summed E-state index contributed by atoms with van der Waals surface area (Å²) >= 11 is 1.94. The van der Waals surface area contributed by atoms with Gasteiger partial charge < -0.3 is 10.4 Å². The molecule has 2 nitrogen and oxygen atoms in total. The Bertz CT molecular complexity index is 399. The highest BCUT2D eigenvalue weighted by Gasteiger charge is 2.33. The lowest BCUT2D eigenvalue weighted by Gasteiger charge is -2.24. The van der Waals surface area contributed by atoms with Crippen LogP contribution in [0.3, 0.4) is 0 Å². The molecule has 16 heavy (non-hydrogen) atoms. The van der Waals surface area contributed by atoms with Crippen LogP contribution >= 0.6 is 11.8 Å². The van der Waals surface area contributed by atoms with Gasteiger partial charge in [-0.05, 0) is 48.8 Å². The SMILES string of the molecule is OC1(c2ccc3c(c2)CCCS3)CCNC1. The monoisotopic (exact) mass is 235 g/mol. The number of fused-ring (bicyclic) bond motifs is 1. The Hall–Kier alpha value is -0.510. The van der Waals surface area contributed by atoms with Crippen molar-refractivity contribution in [3.05, 3.63) is 29.3 Å². The standard InChI is InChI=1S/C13H17NOS/c15-13(5-6-14-9-13)11-3-4-12-10(8-11)2-1-7-16-12/h3-4,8,14-15H,1-2,5-7,9H2. The van der Waals surface area contributed by atoms with E-state index < -0.39 is 5.60 Å². The maximum atomic E-state index is 10.5. The van der Waals surface area contributed by atoms with E-state index in [0.29, 0.717) is 6.54 Å². The fourth-order valence-electron chi connectivity index (χ4n) is 2.57. The van der Waals surface area contributed by atoms with Gasteiger partial charge in [-0.2, -0.15) is 0 Å². The molecule has 2 heterocycles. The van der Waals surface area contributed by atoms with E-state index in [1.165, 1.54) is 29.1 Å². The second-order valence-corrected chi connectivity index (χ2v) is 5.87. The third-order valence-corrected chi connectivity index (χ3v) is 4.78. The van der Waals surface area contributed by atoms with Gasteiger partial charge in [0.05, 0.1) is 0 Å². The number of hydrogen-bond acceptors (Lipinski definition) is 3. The molecule has 2 aliphatic heterocycles. The highest BCUT2D eigenvalue weighted by atomic mass is 32.2. The van der Waals surface area contributed by atoms with Crippen molar-refractivity contribution < 1.29 is 5.11 Å². The van der Waals surface area contributed by atoms with Crippen LogP contribution in [-0.4, -0.2) is 23.9 Å². The zero-order valence-corrected chi connectivity index (χ0v) is 10.1. The summed E-state index contributed by atoms with van der Waals surface area (Å²) < 4.78 is 0. The number of hydrogen-bond donors (Lipinski definition) is 2. The van der Waals surface area contributed by atoms with Gasteiger partial charge in [-0.15, -0.1) is 11.8 Å². The molecule has 0 aromatic heterocycles. The molecule has 2 N–H and O–H groups in total. The molecule has 3 heteroatoms. The Morgan fingerprint density at radius 3 is 3.12 bits per heavy atom. The molecule has 1 aromatic rings. The van der Waals surface area contributed by atoms with E-state index in [4.69, 9.17) is 0 Å². The fraction of sp³-hybridized carbons (Fsp3) is 0.538. The lowest BCUT2D eigenvalue weighted by Crippen LogP contribution is -2.28. The molecule has 0 aliphatic carbocycles. The smallest absolute Gasteiger partial charge is 0.103 e. The van der Waals surface area contributed by atoms with Crippen molar-refractivity contribution in [2.24, 2.45) is 0 Å². The Balaban J connectivity index is 1.96. The zero-order valence-electron chi connectivity index (χ0n) is 9.33. The van der Waals surface area contributed by atoms with Crippen LogP contribution in [0.25, 0.3) is 0 Å². The number of thioether (sulfide) groups is 1. The quantitative estimate of drug-likeness (QED) is 0.780. The molecule has 0 spiro atoms. The summed E-state index contributed by atoms with van der Waals surface area (Å²) in [5.74, 6) is 1.23. The molecule has 1 fully saturated rings. The van der Waals surface area contributed by atoms with E-state index in [-0.39, 0.29) is 0 Å². The van der Waals surface area contributed by atoms with Crippen LogP contribution in [0.1, 0.15) is 24.0 Å². The zero-order chi connectivity index (χ0) is 11.0. The molecular weight excluding hydrogens is 218 g/mol. The van der Waals surface area contributed by atoms with Crippen molar-refractivity contribution in [2.45, 2.75) is 29.8 Å². The first kappa shape index (κ1) is 10.6. The van der Waals surface area contributed by atoms with Crippen LogP contribution in [0.2, 0.25) is 0 Å². The van der Waals surface area contributed by atoms with Crippen LogP contribution in [0.4, 0.5) is 0 Å². The van der Waals surface area contributed by atoms with Crippen LogP contribution in [0.15, 0.2) is 23.1 Å². The van der Waals surface area contributed by atoms with E-state index in [9.17, 15) is 5.11 Å². The Labute approximate surface area is 100 Å². The number of rotatable bonds is 1. The summed E-state index contributed by atoms with van der Waals surface area (Å²) in [6, 6.07) is 6.50. The van der Waals surface area contributed by atoms with Gasteiger partial charge in [0.15, 0.2) is 0 Å². The second kappa shape index (κ2) is 4.06. The molecule has 2 aliphatic rings. The van der Waals surface area contributed by atoms with Crippen LogP contribution < -0.4 is 5.32 Å². The molecule has 0 bridgehead atoms. The molecular formula is C13H17NOS. The number of β-amino-alcohol motifs (C(OH)–C–C–N with tert-alkyl or cyclic N) is 1. The molecule has 0 saturated carbocycles. The normalized spacial score (nSPS) is 29.1. The summed E-state index contributed by atoms with van der Waals surface area (Å²) in [5.41, 5.74) is 1.89. The Morgan fingerprint density at radius 2 is 2.31 bits per heavy atom. The van der Waals surface area contributed by atoms with Crippen molar-refractivity contribution in [2.75, 3.05) is 18.8 Å². The van der Waals surface area contributed by atoms with Gasteiger partial charge in [0.2, 0.25) is 0 Å². The first-order valence-electron chi connectivity index (χ1n) is 5.97. The van der Waals surface area contributed by atoms with E-state index in [1.54, 1.807) is 0 Å². The Morgan fingerprint density at radius 1 is 1.38 bits per heavy atom. The van der Waals surface area contributed by atoms with Gasteiger partial charge in [0.25, 0.3) is 0 Å². The van der Waals surface area contributed by atoms with Gasteiger partial charge in [0.1, 0.15) is 5.60 Å². The van der Waals surface area contributed by atoms with E-state index in [1.807, 2.05) is 11.8 Å². The van der Waals surface area contributed by atoms with Gasteiger partial charge in [-0.25, -0.2) is 0 Å².